The van der Waals surface area contributed by atoms with E-state index in [1.807, 2.05) is 35.9 Å². The molecule has 0 spiro atoms. The van der Waals surface area contributed by atoms with Crippen LogP contribution in [0.1, 0.15) is 49.1 Å². The summed E-state index contributed by atoms with van der Waals surface area (Å²) in [6, 6.07) is 7.98. The number of carbonyl (C=O) groups is 2. The summed E-state index contributed by atoms with van der Waals surface area (Å²) in [5.41, 5.74) is 10.2. The molecule has 1 fully saturated rings. The first-order valence-electron chi connectivity index (χ1n) is 11.1. The van der Waals surface area contributed by atoms with Crippen LogP contribution in [-0.4, -0.2) is 52.9 Å². The van der Waals surface area contributed by atoms with Crippen molar-refractivity contribution in [2.75, 3.05) is 31.2 Å². The van der Waals surface area contributed by atoms with E-state index in [9.17, 15) is 9.59 Å². The largest absolute Gasteiger partial charge is 0.378 e. The number of morpholine rings is 1. The van der Waals surface area contributed by atoms with Crippen LogP contribution in [0.4, 0.5) is 5.13 Å². The van der Waals surface area contributed by atoms with E-state index < -0.39 is 5.91 Å². The number of hydrogen-bond donors (Lipinski definition) is 2. The molecule has 33 heavy (non-hydrogen) atoms. The van der Waals surface area contributed by atoms with Gasteiger partial charge in [-0.05, 0) is 44.7 Å². The van der Waals surface area contributed by atoms with Crippen molar-refractivity contribution in [1.82, 2.24) is 25.6 Å². The van der Waals surface area contributed by atoms with E-state index in [1.165, 1.54) is 11.3 Å². The Kier molecular flexibility index (Phi) is 5.86. The zero-order valence-electron chi connectivity index (χ0n) is 18.7. The molecule has 2 N–H and O–H groups in total. The van der Waals surface area contributed by atoms with Gasteiger partial charge in [-0.3, -0.25) is 20.4 Å². The van der Waals surface area contributed by atoms with Gasteiger partial charge in [0.2, 0.25) is 0 Å². The Balaban J connectivity index is 1.31. The number of anilines is 1. The molecule has 2 amide bonds. The fraction of sp³-hybridized carbons (Fsp3) is 0.391. The van der Waals surface area contributed by atoms with Crippen molar-refractivity contribution in [2.45, 2.75) is 33.1 Å². The van der Waals surface area contributed by atoms with Gasteiger partial charge in [0.15, 0.2) is 10.8 Å². The number of thiazole rings is 1. The van der Waals surface area contributed by atoms with Gasteiger partial charge in [0.25, 0.3) is 11.8 Å². The molecule has 0 bridgehead atoms. The van der Waals surface area contributed by atoms with Crippen LogP contribution in [0.3, 0.4) is 0 Å². The number of aromatic nitrogens is 3. The first-order chi connectivity index (χ1) is 16.0. The summed E-state index contributed by atoms with van der Waals surface area (Å²) in [5.74, 6) is -0.794. The second-order valence-corrected chi connectivity index (χ2v) is 9.22. The number of fused-ring (bicyclic) bond motifs is 1. The maximum Gasteiger partial charge on any atom is 0.290 e. The molecule has 3 aromatic rings. The van der Waals surface area contributed by atoms with E-state index in [0.717, 1.165) is 60.0 Å². The quantitative estimate of drug-likeness (QED) is 0.573. The SMILES string of the molecule is Cc1ccccc1-n1nc(C(=O)NNC(=O)c2sc(N3CCOCC3)nc2C)c2c1CCC2. The van der Waals surface area contributed by atoms with Gasteiger partial charge in [-0.25, -0.2) is 9.67 Å². The van der Waals surface area contributed by atoms with Gasteiger partial charge < -0.3 is 9.64 Å². The Morgan fingerprint density at radius 2 is 1.82 bits per heavy atom. The fourth-order valence-corrected chi connectivity index (χ4v) is 5.35. The van der Waals surface area contributed by atoms with E-state index in [0.29, 0.717) is 29.5 Å². The molecule has 172 valence electrons. The summed E-state index contributed by atoms with van der Waals surface area (Å²) in [7, 11) is 0. The van der Waals surface area contributed by atoms with E-state index >= 15 is 0 Å². The Morgan fingerprint density at radius 3 is 2.61 bits per heavy atom. The van der Waals surface area contributed by atoms with Gasteiger partial charge in [-0.1, -0.05) is 29.5 Å². The Labute approximate surface area is 195 Å². The Bertz CT molecular complexity index is 1210. The summed E-state index contributed by atoms with van der Waals surface area (Å²) in [6.07, 6.45) is 2.66. The molecule has 2 aromatic heterocycles. The molecule has 1 aliphatic heterocycles. The molecule has 2 aliphatic rings. The molecule has 0 saturated carbocycles. The lowest BCUT2D eigenvalue weighted by molar-refractivity contribution is 0.0845. The average molecular weight is 467 g/mol. The lowest BCUT2D eigenvalue weighted by Crippen LogP contribution is -2.42. The zero-order chi connectivity index (χ0) is 22.9. The highest BCUT2D eigenvalue weighted by atomic mass is 32.1. The number of amides is 2. The van der Waals surface area contributed by atoms with Gasteiger partial charge in [0.1, 0.15) is 4.88 Å². The molecule has 1 saturated heterocycles. The number of benzene rings is 1. The molecule has 0 atom stereocenters. The monoisotopic (exact) mass is 466 g/mol. The number of rotatable bonds is 4. The van der Waals surface area contributed by atoms with Crippen molar-refractivity contribution in [3.63, 3.8) is 0 Å². The summed E-state index contributed by atoms with van der Waals surface area (Å²) in [6.45, 7) is 6.62. The number of hydrogen-bond acceptors (Lipinski definition) is 7. The molecule has 1 aromatic carbocycles. The lowest BCUT2D eigenvalue weighted by Gasteiger charge is -2.25. The van der Waals surface area contributed by atoms with Gasteiger partial charge in [-0.15, -0.1) is 0 Å². The normalized spacial score (nSPS) is 15.4. The third-order valence-electron chi connectivity index (χ3n) is 6.05. The zero-order valence-corrected chi connectivity index (χ0v) is 19.5. The van der Waals surface area contributed by atoms with Gasteiger partial charge in [0, 0.05) is 24.3 Å². The molecule has 10 heteroatoms. The smallest absolute Gasteiger partial charge is 0.290 e. The van der Waals surface area contributed by atoms with E-state index in [-0.39, 0.29) is 5.91 Å². The van der Waals surface area contributed by atoms with Crippen LogP contribution in [0, 0.1) is 13.8 Å². The highest BCUT2D eigenvalue weighted by Gasteiger charge is 2.28. The van der Waals surface area contributed by atoms with E-state index in [4.69, 9.17) is 4.74 Å². The van der Waals surface area contributed by atoms with Crippen LogP contribution in [-0.2, 0) is 17.6 Å². The lowest BCUT2D eigenvalue weighted by atomic mass is 10.2. The van der Waals surface area contributed by atoms with E-state index in [1.54, 1.807) is 6.92 Å². The van der Waals surface area contributed by atoms with Gasteiger partial charge >= 0.3 is 0 Å². The predicted molar refractivity (Wildman–Crippen MR) is 125 cm³/mol. The molecule has 3 heterocycles. The molecular weight excluding hydrogens is 440 g/mol. The fourth-order valence-electron chi connectivity index (χ4n) is 4.33. The highest BCUT2D eigenvalue weighted by Crippen LogP contribution is 2.29. The molecule has 9 nitrogen and oxygen atoms in total. The highest BCUT2D eigenvalue weighted by molar-refractivity contribution is 7.17. The maximum atomic E-state index is 13.0. The minimum absolute atomic E-state index is 0.362. The molecule has 0 unspecified atom stereocenters. The summed E-state index contributed by atoms with van der Waals surface area (Å²) < 4.78 is 7.25. The topological polar surface area (TPSA) is 101 Å². The molecule has 1 aliphatic carbocycles. The van der Waals surface area contributed by atoms with Crippen LogP contribution < -0.4 is 15.8 Å². The van der Waals surface area contributed by atoms with Crippen LogP contribution in [0.25, 0.3) is 5.69 Å². The number of nitrogens with zero attached hydrogens (tertiary/aromatic N) is 4. The Hall–Kier alpha value is -3.24. The number of ether oxygens (including phenoxy) is 1. The van der Waals surface area contributed by atoms with Crippen LogP contribution >= 0.6 is 11.3 Å². The number of nitrogens with one attached hydrogen (secondary N) is 2. The van der Waals surface area contributed by atoms with Crippen molar-refractivity contribution < 1.29 is 14.3 Å². The maximum absolute atomic E-state index is 13.0. The van der Waals surface area contributed by atoms with Crippen molar-refractivity contribution in [3.05, 3.63) is 57.4 Å². The third-order valence-corrected chi connectivity index (χ3v) is 7.27. The first kappa shape index (κ1) is 21.6. The van der Waals surface area contributed by atoms with Gasteiger partial charge in [0.05, 0.1) is 24.6 Å². The van der Waals surface area contributed by atoms with Crippen molar-refractivity contribution in [1.29, 1.82) is 0 Å². The van der Waals surface area contributed by atoms with Crippen molar-refractivity contribution in [3.8, 4) is 5.69 Å². The van der Waals surface area contributed by atoms with Crippen LogP contribution in [0.5, 0.6) is 0 Å². The van der Waals surface area contributed by atoms with Gasteiger partial charge in [-0.2, -0.15) is 5.10 Å². The second kappa shape index (κ2) is 8.95. The second-order valence-electron chi connectivity index (χ2n) is 8.24. The van der Waals surface area contributed by atoms with Crippen molar-refractivity contribution in [2.24, 2.45) is 0 Å². The summed E-state index contributed by atoms with van der Waals surface area (Å²) >= 11 is 1.32. The Morgan fingerprint density at radius 1 is 1.06 bits per heavy atom. The summed E-state index contributed by atoms with van der Waals surface area (Å²) in [5, 5.41) is 5.42. The van der Waals surface area contributed by atoms with Crippen LogP contribution in [0.2, 0.25) is 0 Å². The number of aryl methyl sites for hydroxylation is 2. The number of hydrazine groups is 1. The standard InChI is InChI=1S/C23H26N6O3S/c1-14-6-3-4-8-17(14)29-18-9-5-7-16(18)19(27-29)21(30)25-26-22(31)20-15(2)24-23(33-20)28-10-12-32-13-11-28/h3-4,6,8H,5,7,9-13H2,1-2H3,(H,25,30)(H,26,31). The predicted octanol–water partition coefficient (Wildman–Crippen LogP) is 2.35. The van der Waals surface area contributed by atoms with E-state index in [2.05, 4.69) is 25.8 Å². The average Bonchev–Trinajstić information content (AvgIpc) is 3.54. The number of carbonyl (C=O) groups excluding carboxylic acids is 2. The first-order valence-corrected chi connectivity index (χ1v) is 11.9. The minimum Gasteiger partial charge on any atom is -0.378 e. The third kappa shape index (κ3) is 4.11. The molecular formula is C23H26N6O3S. The number of para-hydroxylation sites is 1. The summed E-state index contributed by atoms with van der Waals surface area (Å²) in [4.78, 5) is 32.9. The van der Waals surface area contributed by atoms with Crippen LogP contribution in [0.15, 0.2) is 24.3 Å². The van der Waals surface area contributed by atoms with Crippen molar-refractivity contribution >= 4 is 28.3 Å². The minimum atomic E-state index is -0.413. The molecule has 0 radical (unpaired) electrons. The molecule has 5 rings (SSSR count).